The van der Waals surface area contributed by atoms with Crippen LogP contribution < -0.4 is 14.5 Å². The first-order chi connectivity index (χ1) is 20.1. The van der Waals surface area contributed by atoms with Crippen molar-refractivity contribution in [3.05, 3.63) is 71.9 Å². The van der Waals surface area contributed by atoms with Gasteiger partial charge < -0.3 is 19.3 Å². The highest BCUT2D eigenvalue weighted by molar-refractivity contribution is 6.14. The summed E-state index contributed by atoms with van der Waals surface area (Å²) in [4.78, 5) is 37.2. The fraction of sp³-hybridized carbons (Fsp3) is 0.375. The summed E-state index contributed by atoms with van der Waals surface area (Å²) in [5.74, 6) is 1.41. The number of rotatable bonds is 5. The standard InChI is InChI=1S/C32H36N6O4/c1-21-6-10-23(11-7-21)38-26-14-16-33-29-28(26)30(34-37(29)18-22-8-12-25(41-5)13-9-22)36(20-27(38)39)24-15-17-35(19-24)31(40)42-32(2,3)4/h6-14,16,24H,15,17-20H2,1-5H3/t24-/m1/s1. The largest absolute Gasteiger partial charge is 0.497 e. The minimum Gasteiger partial charge on any atom is -0.497 e. The molecule has 2 amide bonds. The molecule has 2 aliphatic rings. The number of aryl methyl sites for hydroxylation is 1. The van der Waals surface area contributed by atoms with E-state index in [1.54, 1.807) is 23.1 Å². The molecule has 4 aromatic rings. The monoisotopic (exact) mass is 568 g/mol. The lowest BCUT2D eigenvalue weighted by molar-refractivity contribution is -0.116. The van der Waals surface area contributed by atoms with Gasteiger partial charge in [0.2, 0.25) is 0 Å². The lowest BCUT2D eigenvalue weighted by Gasteiger charge is -2.29. The van der Waals surface area contributed by atoms with Gasteiger partial charge in [-0.1, -0.05) is 29.8 Å². The van der Waals surface area contributed by atoms with E-state index in [2.05, 4.69) is 4.90 Å². The van der Waals surface area contributed by atoms with E-state index in [1.807, 2.05) is 87.0 Å². The summed E-state index contributed by atoms with van der Waals surface area (Å²) in [6.07, 6.45) is 2.08. The number of methoxy groups -OCH3 is 1. The number of ether oxygens (including phenoxy) is 2. The Morgan fingerprint density at radius 3 is 2.48 bits per heavy atom. The zero-order valence-corrected chi connectivity index (χ0v) is 24.7. The van der Waals surface area contributed by atoms with Gasteiger partial charge in [-0.05, 0) is 70.0 Å². The third-order valence-electron chi connectivity index (χ3n) is 7.70. The molecule has 2 aromatic heterocycles. The van der Waals surface area contributed by atoms with Gasteiger partial charge in [-0.25, -0.2) is 14.5 Å². The zero-order chi connectivity index (χ0) is 29.6. The van der Waals surface area contributed by atoms with Crippen LogP contribution in [0.2, 0.25) is 0 Å². The zero-order valence-electron chi connectivity index (χ0n) is 24.7. The van der Waals surface area contributed by atoms with E-state index in [9.17, 15) is 9.59 Å². The molecule has 218 valence electrons. The first-order valence-electron chi connectivity index (χ1n) is 14.2. The maximum atomic E-state index is 14.0. The first kappa shape index (κ1) is 27.6. The number of hydrogen-bond donors (Lipinski definition) is 0. The van der Waals surface area contributed by atoms with Crippen molar-refractivity contribution in [3.8, 4) is 5.75 Å². The van der Waals surface area contributed by atoms with Gasteiger partial charge in [0.25, 0.3) is 5.91 Å². The Labute approximate surface area is 245 Å². The summed E-state index contributed by atoms with van der Waals surface area (Å²) in [5, 5.41) is 5.90. The molecule has 2 aliphatic heterocycles. The number of benzene rings is 2. The molecule has 1 saturated heterocycles. The van der Waals surface area contributed by atoms with Gasteiger partial charge in [-0.2, -0.15) is 5.10 Å². The van der Waals surface area contributed by atoms with Gasteiger partial charge in [-0.15, -0.1) is 0 Å². The van der Waals surface area contributed by atoms with Crippen molar-refractivity contribution in [1.82, 2.24) is 19.7 Å². The minimum absolute atomic E-state index is 0.0678. The Morgan fingerprint density at radius 1 is 1.05 bits per heavy atom. The third kappa shape index (κ3) is 5.24. The molecule has 0 saturated carbocycles. The maximum Gasteiger partial charge on any atom is 0.410 e. The molecule has 0 unspecified atom stereocenters. The number of nitrogens with zero attached hydrogens (tertiary/aromatic N) is 6. The van der Waals surface area contributed by atoms with Gasteiger partial charge in [0.15, 0.2) is 11.5 Å². The molecule has 0 N–H and O–H groups in total. The van der Waals surface area contributed by atoms with Crippen molar-refractivity contribution in [2.24, 2.45) is 0 Å². The van der Waals surface area contributed by atoms with Crippen molar-refractivity contribution >= 4 is 40.2 Å². The quantitative estimate of drug-likeness (QED) is 0.323. The third-order valence-corrected chi connectivity index (χ3v) is 7.70. The summed E-state index contributed by atoms with van der Waals surface area (Å²) >= 11 is 0. The Bertz CT molecular complexity index is 1620. The van der Waals surface area contributed by atoms with Crippen LogP contribution in [0.3, 0.4) is 0 Å². The number of aromatic nitrogens is 3. The number of hydrogen-bond acceptors (Lipinski definition) is 7. The Morgan fingerprint density at radius 2 is 1.79 bits per heavy atom. The van der Waals surface area contributed by atoms with Crippen molar-refractivity contribution < 1.29 is 19.1 Å². The van der Waals surface area contributed by atoms with E-state index in [1.165, 1.54) is 0 Å². The van der Waals surface area contributed by atoms with Crippen LogP contribution in [0, 0.1) is 6.92 Å². The van der Waals surface area contributed by atoms with E-state index in [0.717, 1.165) is 33.6 Å². The molecule has 0 aliphatic carbocycles. The molecular formula is C32H36N6O4. The maximum absolute atomic E-state index is 14.0. The number of anilines is 3. The first-order valence-corrected chi connectivity index (χ1v) is 14.2. The summed E-state index contributed by atoms with van der Waals surface area (Å²) < 4.78 is 12.9. The van der Waals surface area contributed by atoms with Crippen LogP contribution in [0.15, 0.2) is 60.8 Å². The second-order valence-electron chi connectivity index (χ2n) is 11.9. The highest BCUT2D eigenvalue weighted by Crippen LogP contribution is 2.41. The normalized spacial score (nSPS) is 17.1. The highest BCUT2D eigenvalue weighted by atomic mass is 16.6. The van der Waals surface area contributed by atoms with E-state index in [0.29, 0.717) is 37.5 Å². The fourth-order valence-corrected chi connectivity index (χ4v) is 5.66. The number of carbonyl (C=O) groups is 2. The molecule has 0 spiro atoms. The van der Waals surface area contributed by atoms with Crippen LogP contribution in [0.4, 0.5) is 22.0 Å². The van der Waals surface area contributed by atoms with E-state index >= 15 is 0 Å². The molecule has 1 fully saturated rings. The number of likely N-dealkylation sites (tertiary alicyclic amines) is 1. The number of pyridine rings is 1. The van der Waals surface area contributed by atoms with Gasteiger partial charge in [0.05, 0.1) is 37.3 Å². The molecular weight excluding hydrogens is 532 g/mol. The van der Waals surface area contributed by atoms with Crippen LogP contribution in [0.5, 0.6) is 5.75 Å². The van der Waals surface area contributed by atoms with Crippen molar-refractivity contribution in [2.75, 3.05) is 36.5 Å². The Balaban J connectivity index is 1.43. The molecule has 1 atom stereocenters. The van der Waals surface area contributed by atoms with Gasteiger partial charge in [0, 0.05) is 25.0 Å². The van der Waals surface area contributed by atoms with Gasteiger partial charge in [-0.3, -0.25) is 9.69 Å². The number of amides is 2. The molecule has 0 bridgehead atoms. The molecule has 10 nitrogen and oxygen atoms in total. The topological polar surface area (TPSA) is 93.0 Å². The van der Waals surface area contributed by atoms with Gasteiger partial charge in [0.1, 0.15) is 11.4 Å². The molecule has 6 rings (SSSR count). The highest BCUT2D eigenvalue weighted by Gasteiger charge is 2.39. The summed E-state index contributed by atoms with van der Waals surface area (Å²) in [7, 11) is 1.65. The predicted molar refractivity (Wildman–Crippen MR) is 162 cm³/mol. The molecule has 0 radical (unpaired) electrons. The molecule has 2 aromatic carbocycles. The molecule has 4 heterocycles. The van der Waals surface area contributed by atoms with Crippen molar-refractivity contribution in [2.45, 2.75) is 52.3 Å². The lowest BCUT2D eigenvalue weighted by atomic mass is 10.1. The predicted octanol–water partition coefficient (Wildman–Crippen LogP) is 5.29. The Kier molecular flexibility index (Phi) is 7.00. The summed E-state index contributed by atoms with van der Waals surface area (Å²) in [6.45, 7) is 9.21. The lowest BCUT2D eigenvalue weighted by Crippen LogP contribution is -2.45. The average molecular weight is 569 g/mol. The molecule has 10 heteroatoms. The SMILES string of the molecule is COc1ccc(Cn2nc3c4c(ccnc42)N(c2ccc(C)cc2)C(=O)CN3[C@@H]2CCN(C(=O)OC(C)(C)C)C2)cc1. The number of carbonyl (C=O) groups excluding carboxylic acids is 2. The second-order valence-corrected chi connectivity index (χ2v) is 11.9. The van der Waals surface area contributed by atoms with Crippen molar-refractivity contribution in [1.29, 1.82) is 0 Å². The van der Waals surface area contributed by atoms with Gasteiger partial charge >= 0.3 is 6.09 Å². The smallest absolute Gasteiger partial charge is 0.410 e. The van der Waals surface area contributed by atoms with Crippen LogP contribution >= 0.6 is 0 Å². The van der Waals surface area contributed by atoms with E-state index in [4.69, 9.17) is 19.6 Å². The van der Waals surface area contributed by atoms with Crippen LogP contribution in [-0.4, -0.2) is 70.1 Å². The second kappa shape index (κ2) is 10.7. The van der Waals surface area contributed by atoms with Crippen LogP contribution in [0.1, 0.15) is 38.3 Å². The molecule has 42 heavy (non-hydrogen) atoms. The Hall–Kier alpha value is -4.60. The van der Waals surface area contributed by atoms with E-state index < -0.39 is 5.60 Å². The van der Waals surface area contributed by atoms with E-state index in [-0.39, 0.29) is 24.6 Å². The minimum atomic E-state index is -0.584. The summed E-state index contributed by atoms with van der Waals surface area (Å²) in [5.41, 5.74) is 3.80. The van der Waals surface area contributed by atoms with Crippen LogP contribution in [-0.2, 0) is 16.1 Å². The average Bonchev–Trinajstić information content (AvgIpc) is 3.56. The summed E-state index contributed by atoms with van der Waals surface area (Å²) in [6, 6.07) is 17.6. The van der Waals surface area contributed by atoms with Crippen LogP contribution in [0.25, 0.3) is 11.0 Å². The van der Waals surface area contributed by atoms with Crippen molar-refractivity contribution in [3.63, 3.8) is 0 Å². The fourth-order valence-electron chi connectivity index (χ4n) is 5.66.